The van der Waals surface area contributed by atoms with Crippen LogP contribution in [0.5, 0.6) is 5.75 Å². The molecule has 0 saturated heterocycles. The van der Waals surface area contributed by atoms with Gasteiger partial charge in [0.2, 0.25) is 0 Å². The summed E-state index contributed by atoms with van der Waals surface area (Å²) in [5, 5.41) is 10.7. The average molecular weight is 278 g/mol. The van der Waals surface area contributed by atoms with Gasteiger partial charge in [0, 0.05) is 10.9 Å². The molecule has 21 heavy (non-hydrogen) atoms. The summed E-state index contributed by atoms with van der Waals surface area (Å²) in [4.78, 5) is 15.9. The molecule has 3 rings (SSSR count). The predicted octanol–water partition coefficient (Wildman–Crippen LogP) is 3.01. The van der Waals surface area contributed by atoms with Gasteiger partial charge in [0.05, 0.1) is 16.8 Å². The number of carbonyl (C=O) groups is 1. The molecule has 0 aliphatic heterocycles. The minimum atomic E-state index is -0.661. The van der Waals surface area contributed by atoms with E-state index in [2.05, 4.69) is 11.1 Å². The van der Waals surface area contributed by atoms with Crippen LogP contribution in [0.1, 0.15) is 15.9 Å². The number of hydrogen-bond acceptors (Lipinski definition) is 3. The molecule has 0 unspecified atom stereocenters. The standard InChI is InChI=1S/C17H14N2O2/c1-10-2-5-14-11(8-10)3-6-15(19-14)12-4-7-16(20)13(9-12)17(18)21/h2-9,20H,1H3,(H2,18,21). The predicted molar refractivity (Wildman–Crippen MR) is 82.1 cm³/mol. The highest BCUT2D eigenvalue weighted by atomic mass is 16.3. The largest absolute Gasteiger partial charge is 0.507 e. The number of aryl methyl sites for hydroxylation is 1. The van der Waals surface area contributed by atoms with Gasteiger partial charge < -0.3 is 10.8 Å². The number of rotatable bonds is 2. The van der Waals surface area contributed by atoms with Gasteiger partial charge in [-0.1, -0.05) is 17.7 Å². The van der Waals surface area contributed by atoms with Gasteiger partial charge in [0.1, 0.15) is 5.75 Å². The first-order valence-corrected chi connectivity index (χ1v) is 6.55. The van der Waals surface area contributed by atoms with Crippen LogP contribution in [0.4, 0.5) is 0 Å². The molecule has 0 atom stereocenters. The van der Waals surface area contributed by atoms with Crippen LogP contribution < -0.4 is 5.73 Å². The maximum atomic E-state index is 11.3. The third-order valence-electron chi connectivity index (χ3n) is 3.40. The van der Waals surface area contributed by atoms with Crippen LogP contribution in [-0.4, -0.2) is 16.0 Å². The Morgan fingerprint density at radius 1 is 1.10 bits per heavy atom. The molecule has 1 heterocycles. The third-order valence-corrected chi connectivity index (χ3v) is 3.40. The van der Waals surface area contributed by atoms with Crippen LogP contribution in [0.2, 0.25) is 0 Å². The van der Waals surface area contributed by atoms with E-state index in [9.17, 15) is 9.90 Å². The molecule has 0 aliphatic rings. The van der Waals surface area contributed by atoms with Gasteiger partial charge in [0.25, 0.3) is 5.91 Å². The number of aromatic nitrogens is 1. The van der Waals surface area contributed by atoms with Crippen molar-refractivity contribution in [1.29, 1.82) is 0 Å². The van der Waals surface area contributed by atoms with E-state index in [-0.39, 0.29) is 11.3 Å². The van der Waals surface area contributed by atoms with Gasteiger partial charge in [-0.2, -0.15) is 0 Å². The van der Waals surface area contributed by atoms with Crippen molar-refractivity contribution < 1.29 is 9.90 Å². The Hall–Kier alpha value is -2.88. The smallest absolute Gasteiger partial charge is 0.252 e. The topological polar surface area (TPSA) is 76.2 Å². The molecule has 3 N–H and O–H groups in total. The second-order valence-corrected chi connectivity index (χ2v) is 4.99. The van der Waals surface area contributed by atoms with Crippen LogP contribution in [-0.2, 0) is 0 Å². The van der Waals surface area contributed by atoms with E-state index in [0.717, 1.165) is 22.2 Å². The fraction of sp³-hybridized carbons (Fsp3) is 0.0588. The van der Waals surface area contributed by atoms with Gasteiger partial charge in [-0.05, 0) is 43.3 Å². The summed E-state index contributed by atoms with van der Waals surface area (Å²) in [6.07, 6.45) is 0. The van der Waals surface area contributed by atoms with Gasteiger partial charge in [-0.3, -0.25) is 4.79 Å². The highest BCUT2D eigenvalue weighted by Gasteiger charge is 2.10. The molecule has 0 fully saturated rings. The summed E-state index contributed by atoms with van der Waals surface area (Å²) in [6.45, 7) is 2.03. The number of aromatic hydroxyl groups is 1. The average Bonchev–Trinajstić information content (AvgIpc) is 2.47. The molecule has 0 aliphatic carbocycles. The Morgan fingerprint density at radius 3 is 2.67 bits per heavy atom. The van der Waals surface area contributed by atoms with Crippen LogP contribution in [0, 0.1) is 6.92 Å². The first-order chi connectivity index (χ1) is 10.0. The molecule has 2 aromatic carbocycles. The SMILES string of the molecule is Cc1ccc2nc(-c3ccc(O)c(C(N)=O)c3)ccc2c1. The lowest BCUT2D eigenvalue weighted by Gasteiger charge is -2.06. The molecule has 0 radical (unpaired) electrons. The van der Waals surface area contributed by atoms with Crippen LogP contribution in [0.3, 0.4) is 0 Å². The number of amides is 1. The number of fused-ring (bicyclic) bond motifs is 1. The maximum absolute atomic E-state index is 11.3. The Morgan fingerprint density at radius 2 is 1.90 bits per heavy atom. The Labute approximate surface area is 121 Å². The van der Waals surface area contributed by atoms with Crippen molar-refractivity contribution in [2.75, 3.05) is 0 Å². The molecular weight excluding hydrogens is 264 g/mol. The van der Waals surface area contributed by atoms with Crippen molar-refractivity contribution in [3.8, 4) is 17.0 Å². The van der Waals surface area contributed by atoms with Crippen molar-refractivity contribution in [3.63, 3.8) is 0 Å². The molecule has 0 spiro atoms. The van der Waals surface area contributed by atoms with Crippen LogP contribution >= 0.6 is 0 Å². The van der Waals surface area contributed by atoms with E-state index >= 15 is 0 Å². The van der Waals surface area contributed by atoms with E-state index in [4.69, 9.17) is 5.73 Å². The summed E-state index contributed by atoms with van der Waals surface area (Å²) < 4.78 is 0. The van der Waals surface area contributed by atoms with Gasteiger partial charge >= 0.3 is 0 Å². The Bertz CT molecular complexity index is 857. The minimum absolute atomic E-state index is 0.0957. The summed E-state index contributed by atoms with van der Waals surface area (Å²) in [5.41, 5.74) is 8.88. The lowest BCUT2D eigenvalue weighted by atomic mass is 10.0. The number of carbonyl (C=O) groups excluding carboxylic acids is 1. The highest BCUT2D eigenvalue weighted by molar-refractivity contribution is 5.97. The molecule has 4 heteroatoms. The molecule has 3 aromatic rings. The monoisotopic (exact) mass is 278 g/mol. The van der Waals surface area contributed by atoms with Crippen molar-refractivity contribution in [3.05, 3.63) is 59.7 Å². The van der Waals surface area contributed by atoms with E-state index in [1.54, 1.807) is 12.1 Å². The number of primary amides is 1. The van der Waals surface area contributed by atoms with Crippen molar-refractivity contribution in [1.82, 2.24) is 4.98 Å². The van der Waals surface area contributed by atoms with Crippen molar-refractivity contribution in [2.45, 2.75) is 6.92 Å². The first kappa shape index (κ1) is 13.1. The molecular formula is C17H14N2O2. The van der Waals surface area contributed by atoms with Gasteiger partial charge in [0.15, 0.2) is 0 Å². The van der Waals surface area contributed by atoms with Gasteiger partial charge in [-0.15, -0.1) is 0 Å². The molecule has 1 aromatic heterocycles. The number of hydrogen-bond donors (Lipinski definition) is 2. The molecule has 0 saturated carbocycles. The van der Waals surface area contributed by atoms with Crippen molar-refractivity contribution in [2.24, 2.45) is 5.73 Å². The zero-order valence-corrected chi connectivity index (χ0v) is 11.5. The lowest BCUT2D eigenvalue weighted by Crippen LogP contribution is -2.11. The summed E-state index contributed by atoms with van der Waals surface area (Å²) >= 11 is 0. The molecule has 104 valence electrons. The summed E-state index contributed by atoms with van der Waals surface area (Å²) in [6, 6.07) is 14.6. The quantitative estimate of drug-likeness (QED) is 0.756. The fourth-order valence-electron chi connectivity index (χ4n) is 2.30. The minimum Gasteiger partial charge on any atom is -0.507 e. The molecule has 4 nitrogen and oxygen atoms in total. The maximum Gasteiger partial charge on any atom is 0.252 e. The number of phenols is 1. The lowest BCUT2D eigenvalue weighted by molar-refractivity contribution is 0.0998. The number of nitrogens with zero attached hydrogens (tertiary/aromatic N) is 1. The first-order valence-electron chi connectivity index (χ1n) is 6.55. The molecule has 0 bridgehead atoms. The Balaban J connectivity index is 2.14. The van der Waals surface area contributed by atoms with Gasteiger partial charge in [-0.25, -0.2) is 4.98 Å². The summed E-state index contributed by atoms with van der Waals surface area (Å²) in [7, 11) is 0. The zero-order chi connectivity index (χ0) is 15.0. The Kier molecular flexibility index (Phi) is 3.06. The number of benzene rings is 2. The van der Waals surface area contributed by atoms with Crippen LogP contribution in [0.15, 0.2) is 48.5 Å². The van der Waals surface area contributed by atoms with E-state index in [1.807, 2.05) is 31.2 Å². The van der Waals surface area contributed by atoms with E-state index < -0.39 is 5.91 Å². The normalized spacial score (nSPS) is 10.7. The third kappa shape index (κ3) is 2.43. The second-order valence-electron chi connectivity index (χ2n) is 4.99. The second kappa shape index (κ2) is 4.90. The molecule has 1 amide bonds. The van der Waals surface area contributed by atoms with E-state index in [1.165, 1.54) is 11.6 Å². The highest BCUT2D eigenvalue weighted by Crippen LogP contribution is 2.26. The number of pyridine rings is 1. The van der Waals surface area contributed by atoms with E-state index in [0.29, 0.717) is 0 Å². The fourth-order valence-corrected chi connectivity index (χ4v) is 2.30. The zero-order valence-electron chi connectivity index (χ0n) is 11.5. The van der Waals surface area contributed by atoms with Crippen LogP contribution in [0.25, 0.3) is 22.2 Å². The summed E-state index contributed by atoms with van der Waals surface area (Å²) in [5.74, 6) is -0.784. The van der Waals surface area contributed by atoms with Crippen molar-refractivity contribution >= 4 is 16.8 Å². The number of nitrogens with two attached hydrogens (primary N) is 1.